The molecule has 1 fully saturated rings. The van der Waals surface area contributed by atoms with Gasteiger partial charge in [-0.3, -0.25) is 4.79 Å². The Morgan fingerprint density at radius 3 is 2.72 bits per heavy atom. The van der Waals surface area contributed by atoms with Gasteiger partial charge in [-0.15, -0.1) is 15.3 Å². The highest BCUT2D eigenvalue weighted by atomic mass is 16.2. The number of rotatable bonds is 3. The van der Waals surface area contributed by atoms with Crippen LogP contribution in [0.2, 0.25) is 0 Å². The Morgan fingerprint density at radius 2 is 1.86 bits per heavy atom. The molecular formula is C21H25N7O. The van der Waals surface area contributed by atoms with Crippen molar-refractivity contribution in [1.82, 2.24) is 34.7 Å². The zero-order valence-corrected chi connectivity index (χ0v) is 16.7. The smallest absolute Gasteiger partial charge is 0.276 e. The van der Waals surface area contributed by atoms with Crippen LogP contribution in [0, 0.1) is 6.92 Å². The Hall–Kier alpha value is -3.03. The molecule has 29 heavy (non-hydrogen) atoms. The number of fused-ring (bicyclic) bond motifs is 1. The standard InChI is InChI=1S/C21H25N7O/c1-15-19(25-28(24-15)16-9-4-2-5-10-16)21(29)26-14-8-11-17(26)20-23-22-18-12-6-3-7-13-27(18)20/h2,4-5,9-10,17H,3,6-8,11-14H2,1H3. The van der Waals surface area contributed by atoms with Gasteiger partial charge in [-0.25, -0.2) is 0 Å². The summed E-state index contributed by atoms with van der Waals surface area (Å²) in [7, 11) is 0. The van der Waals surface area contributed by atoms with Gasteiger partial charge in [0.25, 0.3) is 5.91 Å². The Morgan fingerprint density at radius 1 is 1.00 bits per heavy atom. The molecule has 2 aliphatic heterocycles. The normalized spacial score (nSPS) is 19.2. The first-order valence-corrected chi connectivity index (χ1v) is 10.4. The minimum atomic E-state index is -0.0712. The van der Waals surface area contributed by atoms with Crippen molar-refractivity contribution in [2.45, 2.75) is 58.0 Å². The zero-order chi connectivity index (χ0) is 19.8. The third-order valence-electron chi connectivity index (χ3n) is 5.92. The van der Waals surface area contributed by atoms with Gasteiger partial charge in [-0.1, -0.05) is 24.6 Å². The molecular weight excluding hydrogens is 366 g/mol. The summed E-state index contributed by atoms with van der Waals surface area (Å²) in [6, 6.07) is 9.63. The van der Waals surface area contributed by atoms with Crippen LogP contribution in [0.4, 0.5) is 0 Å². The van der Waals surface area contributed by atoms with Crippen molar-refractivity contribution in [3.63, 3.8) is 0 Å². The Balaban J connectivity index is 1.44. The van der Waals surface area contributed by atoms with E-state index in [1.54, 1.807) is 0 Å². The molecule has 5 rings (SSSR count). The number of aryl methyl sites for hydroxylation is 2. The highest BCUT2D eigenvalue weighted by molar-refractivity contribution is 5.93. The van der Waals surface area contributed by atoms with Crippen LogP contribution in [0.5, 0.6) is 0 Å². The molecule has 0 radical (unpaired) electrons. The van der Waals surface area contributed by atoms with Gasteiger partial charge in [0.05, 0.1) is 17.4 Å². The number of para-hydroxylation sites is 1. The fourth-order valence-corrected chi connectivity index (χ4v) is 4.42. The molecule has 2 aliphatic rings. The van der Waals surface area contributed by atoms with E-state index in [0.29, 0.717) is 17.9 Å². The first-order chi connectivity index (χ1) is 14.2. The first-order valence-electron chi connectivity index (χ1n) is 10.4. The topological polar surface area (TPSA) is 81.7 Å². The lowest BCUT2D eigenvalue weighted by Crippen LogP contribution is -2.33. The van der Waals surface area contributed by atoms with Gasteiger partial charge >= 0.3 is 0 Å². The predicted octanol–water partition coefficient (Wildman–Crippen LogP) is 2.87. The van der Waals surface area contributed by atoms with E-state index in [1.165, 1.54) is 11.2 Å². The molecule has 1 saturated heterocycles. The average molecular weight is 391 g/mol. The Bertz CT molecular complexity index is 1020. The Labute approximate surface area is 169 Å². The van der Waals surface area contributed by atoms with Gasteiger partial charge in [0, 0.05) is 19.5 Å². The van der Waals surface area contributed by atoms with Crippen LogP contribution in [0.15, 0.2) is 30.3 Å². The molecule has 0 N–H and O–H groups in total. The van der Waals surface area contributed by atoms with Crippen molar-refractivity contribution in [3.8, 4) is 5.69 Å². The van der Waals surface area contributed by atoms with E-state index in [1.807, 2.05) is 42.2 Å². The average Bonchev–Trinajstić information content (AvgIpc) is 3.43. The van der Waals surface area contributed by atoms with Gasteiger partial charge in [-0.05, 0) is 44.7 Å². The summed E-state index contributed by atoms with van der Waals surface area (Å²) in [6.45, 7) is 3.50. The van der Waals surface area contributed by atoms with E-state index in [9.17, 15) is 4.79 Å². The molecule has 0 spiro atoms. The molecule has 150 valence electrons. The lowest BCUT2D eigenvalue weighted by atomic mass is 10.2. The van der Waals surface area contributed by atoms with Crippen molar-refractivity contribution < 1.29 is 4.79 Å². The fraction of sp³-hybridized carbons (Fsp3) is 0.476. The molecule has 8 heteroatoms. The van der Waals surface area contributed by atoms with Crippen molar-refractivity contribution >= 4 is 5.91 Å². The highest BCUT2D eigenvalue weighted by Gasteiger charge is 2.36. The molecule has 0 saturated carbocycles. The summed E-state index contributed by atoms with van der Waals surface area (Å²) in [5.74, 6) is 1.92. The third kappa shape index (κ3) is 3.22. The number of aromatic nitrogens is 6. The summed E-state index contributed by atoms with van der Waals surface area (Å²) >= 11 is 0. The number of carbonyl (C=O) groups is 1. The number of hydrogen-bond acceptors (Lipinski definition) is 5. The van der Waals surface area contributed by atoms with Crippen LogP contribution in [-0.4, -0.2) is 47.1 Å². The summed E-state index contributed by atoms with van der Waals surface area (Å²) in [5.41, 5.74) is 1.90. The second-order valence-electron chi connectivity index (χ2n) is 7.85. The fourth-order valence-electron chi connectivity index (χ4n) is 4.42. The monoisotopic (exact) mass is 391 g/mol. The maximum atomic E-state index is 13.4. The van der Waals surface area contributed by atoms with Crippen molar-refractivity contribution in [1.29, 1.82) is 0 Å². The minimum absolute atomic E-state index is 0.0388. The molecule has 0 aliphatic carbocycles. The summed E-state index contributed by atoms with van der Waals surface area (Å²) in [6.07, 6.45) is 6.37. The van der Waals surface area contributed by atoms with E-state index in [-0.39, 0.29) is 11.9 Å². The molecule has 1 aromatic carbocycles. The summed E-state index contributed by atoms with van der Waals surface area (Å²) < 4.78 is 2.25. The zero-order valence-electron chi connectivity index (χ0n) is 16.7. The molecule has 8 nitrogen and oxygen atoms in total. The van der Waals surface area contributed by atoms with Crippen LogP contribution in [0.25, 0.3) is 5.69 Å². The van der Waals surface area contributed by atoms with E-state index in [2.05, 4.69) is 25.0 Å². The number of likely N-dealkylation sites (tertiary alicyclic amines) is 1. The van der Waals surface area contributed by atoms with E-state index >= 15 is 0 Å². The number of hydrogen-bond donors (Lipinski definition) is 0. The van der Waals surface area contributed by atoms with Crippen LogP contribution >= 0.6 is 0 Å². The number of nitrogens with zero attached hydrogens (tertiary/aromatic N) is 7. The van der Waals surface area contributed by atoms with Crippen LogP contribution in [-0.2, 0) is 13.0 Å². The van der Waals surface area contributed by atoms with Crippen molar-refractivity contribution in [3.05, 3.63) is 53.4 Å². The molecule has 4 heterocycles. The maximum Gasteiger partial charge on any atom is 0.276 e. The molecule has 2 aromatic heterocycles. The van der Waals surface area contributed by atoms with E-state index < -0.39 is 0 Å². The SMILES string of the molecule is Cc1nn(-c2ccccc2)nc1C(=O)N1CCCC1c1nnc2n1CCCCC2. The Kier molecular flexibility index (Phi) is 4.61. The highest BCUT2D eigenvalue weighted by Crippen LogP contribution is 2.33. The maximum absolute atomic E-state index is 13.4. The number of carbonyl (C=O) groups excluding carboxylic acids is 1. The largest absolute Gasteiger partial charge is 0.327 e. The van der Waals surface area contributed by atoms with Crippen LogP contribution < -0.4 is 0 Å². The van der Waals surface area contributed by atoms with Gasteiger partial charge in [-0.2, -0.15) is 9.90 Å². The predicted molar refractivity (Wildman–Crippen MR) is 107 cm³/mol. The van der Waals surface area contributed by atoms with E-state index in [4.69, 9.17) is 0 Å². The minimum Gasteiger partial charge on any atom is -0.327 e. The third-order valence-corrected chi connectivity index (χ3v) is 5.92. The summed E-state index contributed by atoms with van der Waals surface area (Å²) in [5, 5.41) is 17.9. The van der Waals surface area contributed by atoms with Gasteiger partial charge in [0.15, 0.2) is 11.5 Å². The van der Waals surface area contributed by atoms with Gasteiger partial charge in [0.2, 0.25) is 0 Å². The molecule has 3 aromatic rings. The number of benzene rings is 1. The number of amides is 1. The lowest BCUT2D eigenvalue weighted by molar-refractivity contribution is 0.0719. The molecule has 1 atom stereocenters. The van der Waals surface area contributed by atoms with Crippen molar-refractivity contribution in [2.24, 2.45) is 0 Å². The van der Waals surface area contributed by atoms with Gasteiger partial charge in [0.1, 0.15) is 5.82 Å². The van der Waals surface area contributed by atoms with Gasteiger partial charge < -0.3 is 9.47 Å². The second-order valence-corrected chi connectivity index (χ2v) is 7.85. The van der Waals surface area contributed by atoms with E-state index in [0.717, 1.165) is 56.0 Å². The first kappa shape index (κ1) is 18.0. The van der Waals surface area contributed by atoms with Crippen LogP contribution in [0.1, 0.15) is 66.0 Å². The molecule has 0 bridgehead atoms. The molecule has 1 unspecified atom stereocenters. The quantitative estimate of drug-likeness (QED) is 0.686. The second kappa shape index (κ2) is 7.42. The van der Waals surface area contributed by atoms with Crippen LogP contribution in [0.3, 0.4) is 0 Å². The molecule has 1 amide bonds. The van der Waals surface area contributed by atoms with Crippen molar-refractivity contribution in [2.75, 3.05) is 6.54 Å². The lowest BCUT2D eigenvalue weighted by Gasteiger charge is -2.24. The summed E-state index contributed by atoms with van der Waals surface area (Å²) in [4.78, 5) is 16.9.